The summed E-state index contributed by atoms with van der Waals surface area (Å²) in [6.45, 7) is 1.61. The van der Waals surface area contributed by atoms with Crippen LogP contribution >= 0.6 is 0 Å². The number of nitrogens with one attached hydrogen (secondary N) is 2. The van der Waals surface area contributed by atoms with Crippen molar-refractivity contribution in [1.82, 2.24) is 14.8 Å². The fourth-order valence-electron chi connectivity index (χ4n) is 3.37. The molecule has 7 nitrogen and oxygen atoms in total. The van der Waals surface area contributed by atoms with Crippen LogP contribution in [0.2, 0.25) is 0 Å². The number of hydrogen-bond donors (Lipinski definition) is 3. The van der Waals surface area contributed by atoms with Gasteiger partial charge >= 0.3 is 0 Å². The van der Waals surface area contributed by atoms with E-state index in [1.165, 1.54) is 6.92 Å². The summed E-state index contributed by atoms with van der Waals surface area (Å²) in [5.74, 6) is 1.29. The number of fused-ring (bicyclic) bond motifs is 1. The molecule has 1 aromatic heterocycles. The largest absolute Gasteiger partial charge is 0.396 e. The second kappa shape index (κ2) is 8.28. The first-order valence-corrected chi connectivity index (χ1v) is 9.62. The van der Waals surface area contributed by atoms with Crippen molar-refractivity contribution in [2.45, 2.75) is 25.8 Å². The lowest BCUT2D eigenvalue weighted by Crippen LogP contribution is -2.20. The molecule has 1 amide bonds. The maximum atomic E-state index is 11.2. The lowest BCUT2D eigenvalue weighted by Gasteiger charge is -2.24. The van der Waals surface area contributed by atoms with E-state index in [4.69, 9.17) is 5.11 Å². The van der Waals surface area contributed by atoms with Crippen LogP contribution < -0.4 is 10.6 Å². The lowest BCUT2D eigenvalue weighted by molar-refractivity contribution is -0.114. The predicted molar refractivity (Wildman–Crippen MR) is 112 cm³/mol. The number of allylic oxidation sites excluding steroid dienone is 1. The molecular weight excluding hydrogens is 366 g/mol. The number of amides is 1. The van der Waals surface area contributed by atoms with Gasteiger partial charge in [0, 0.05) is 31.3 Å². The Hall–Kier alpha value is -3.45. The van der Waals surface area contributed by atoms with Gasteiger partial charge in [-0.05, 0) is 35.8 Å². The normalized spacial score (nSPS) is 15.2. The first-order valence-electron chi connectivity index (χ1n) is 9.62. The SMILES string of the molecule is CC(=O)Nc1ccc(C2=CC(c3ccccc3)n3nc(CCCO)nc3N2)cc1. The first-order chi connectivity index (χ1) is 14.1. The average molecular weight is 389 g/mol. The molecule has 0 fully saturated rings. The van der Waals surface area contributed by atoms with Gasteiger partial charge in [0.05, 0.1) is 0 Å². The molecule has 29 heavy (non-hydrogen) atoms. The molecule has 0 saturated carbocycles. The number of benzene rings is 2. The van der Waals surface area contributed by atoms with Gasteiger partial charge < -0.3 is 15.7 Å². The third kappa shape index (κ3) is 4.20. The third-order valence-electron chi connectivity index (χ3n) is 4.73. The van der Waals surface area contributed by atoms with Gasteiger partial charge in [-0.2, -0.15) is 10.1 Å². The van der Waals surface area contributed by atoms with Crippen molar-refractivity contribution in [3.8, 4) is 0 Å². The van der Waals surface area contributed by atoms with E-state index in [1.54, 1.807) is 0 Å². The summed E-state index contributed by atoms with van der Waals surface area (Å²) in [6.07, 6.45) is 3.38. The molecule has 3 N–H and O–H groups in total. The molecule has 1 atom stereocenters. The summed E-state index contributed by atoms with van der Waals surface area (Å²) in [4.78, 5) is 15.9. The number of aliphatic hydroxyl groups excluding tert-OH is 1. The summed E-state index contributed by atoms with van der Waals surface area (Å²) in [6, 6.07) is 17.7. The smallest absolute Gasteiger partial charge is 0.226 e. The van der Waals surface area contributed by atoms with Crippen LogP contribution in [0.1, 0.15) is 36.3 Å². The van der Waals surface area contributed by atoms with E-state index in [-0.39, 0.29) is 18.6 Å². The van der Waals surface area contributed by atoms with Crippen molar-refractivity contribution < 1.29 is 9.90 Å². The molecule has 0 radical (unpaired) electrons. The quantitative estimate of drug-likeness (QED) is 0.602. The van der Waals surface area contributed by atoms with Crippen LogP contribution in [0, 0.1) is 0 Å². The predicted octanol–water partition coefficient (Wildman–Crippen LogP) is 3.22. The van der Waals surface area contributed by atoms with E-state index in [2.05, 4.69) is 38.9 Å². The molecule has 148 valence electrons. The van der Waals surface area contributed by atoms with Crippen LogP contribution in [-0.4, -0.2) is 32.4 Å². The Morgan fingerprint density at radius 2 is 1.93 bits per heavy atom. The van der Waals surface area contributed by atoms with E-state index in [0.717, 1.165) is 22.5 Å². The van der Waals surface area contributed by atoms with Gasteiger partial charge in [0.1, 0.15) is 6.04 Å². The Morgan fingerprint density at radius 1 is 1.17 bits per heavy atom. The van der Waals surface area contributed by atoms with Crippen LogP contribution in [0.25, 0.3) is 5.70 Å². The number of aryl methyl sites for hydroxylation is 1. The number of aliphatic hydroxyl groups is 1. The van der Waals surface area contributed by atoms with Crippen LogP contribution in [0.3, 0.4) is 0 Å². The minimum Gasteiger partial charge on any atom is -0.396 e. The standard InChI is InChI=1S/C22H23N5O2/c1-15(29)23-18-11-9-16(10-12-18)19-14-20(17-6-3-2-4-7-17)27-22(24-19)25-21(26-27)8-5-13-28/h2-4,6-7,9-12,14,20,28H,5,8,13H2,1H3,(H,23,29)(H,24,25,26). The summed E-state index contributed by atoms with van der Waals surface area (Å²) in [5, 5.41) is 19.9. The van der Waals surface area contributed by atoms with Gasteiger partial charge in [-0.3, -0.25) is 4.79 Å². The second-order valence-electron chi connectivity index (χ2n) is 6.94. The van der Waals surface area contributed by atoms with E-state index >= 15 is 0 Å². The van der Waals surface area contributed by atoms with Crippen LogP contribution in [0.15, 0.2) is 60.7 Å². The maximum Gasteiger partial charge on any atom is 0.226 e. The Morgan fingerprint density at radius 3 is 2.62 bits per heavy atom. The van der Waals surface area contributed by atoms with Crippen molar-refractivity contribution in [3.05, 3.63) is 77.6 Å². The topological polar surface area (TPSA) is 92.1 Å². The van der Waals surface area contributed by atoms with E-state index in [9.17, 15) is 4.79 Å². The van der Waals surface area contributed by atoms with Crippen molar-refractivity contribution in [2.75, 3.05) is 17.2 Å². The van der Waals surface area contributed by atoms with E-state index in [1.807, 2.05) is 47.1 Å². The summed E-state index contributed by atoms with van der Waals surface area (Å²) >= 11 is 0. The first kappa shape index (κ1) is 18.9. The highest BCUT2D eigenvalue weighted by molar-refractivity contribution is 5.89. The molecular formula is C22H23N5O2. The third-order valence-corrected chi connectivity index (χ3v) is 4.73. The van der Waals surface area contributed by atoms with E-state index < -0.39 is 0 Å². The molecule has 7 heteroatoms. The van der Waals surface area contributed by atoms with Gasteiger partial charge in [0.15, 0.2) is 5.82 Å². The zero-order valence-electron chi connectivity index (χ0n) is 16.2. The number of anilines is 2. The maximum absolute atomic E-state index is 11.2. The van der Waals surface area contributed by atoms with Gasteiger partial charge in [-0.15, -0.1) is 0 Å². The monoisotopic (exact) mass is 389 g/mol. The number of nitrogens with zero attached hydrogens (tertiary/aromatic N) is 3. The molecule has 2 heterocycles. The zero-order valence-corrected chi connectivity index (χ0v) is 16.2. The molecule has 0 aliphatic carbocycles. The number of carbonyl (C=O) groups is 1. The minimum atomic E-state index is -0.0968. The highest BCUT2D eigenvalue weighted by Crippen LogP contribution is 2.32. The molecule has 3 aromatic rings. The average Bonchev–Trinajstić information content (AvgIpc) is 3.15. The molecule has 0 bridgehead atoms. The molecule has 1 aliphatic heterocycles. The van der Waals surface area contributed by atoms with Gasteiger partial charge in [-0.1, -0.05) is 42.5 Å². The lowest BCUT2D eigenvalue weighted by atomic mass is 10.0. The van der Waals surface area contributed by atoms with Crippen LogP contribution in [-0.2, 0) is 11.2 Å². The molecule has 1 aliphatic rings. The zero-order chi connectivity index (χ0) is 20.2. The molecule has 1 unspecified atom stereocenters. The second-order valence-corrected chi connectivity index (χ2v) is 6.94. The van der Waals surface area contributed by atoms with Crippen molar-refractivity contribution in [2.24, 2.45) is 0 Å². The van der Waals surface area contributed by atoms with Crippen LogP contribution in [0.4, 0.5) is 11.6 Å². The Labute approximate surface area is 169 Å². The summed E-state index contributed by atoms with van der Waals surface area (Å²) in [7, 11) is 0. The molecule has 0 saturated heterocycles. The van der Waals surface area contributed by atoms with E-state index in [0.29, 0.717) is 24.6 Å². The van der Waals surface area contributed by atoms with Crippen LogP contribution in [0.5, 0.6) is 0 Å². The van der Waals surface area contributed by atoms with Gasteiger partial charge in [0.25, 0.3) is 0 Å². The molecule has 0 spiro atoms. The fourth-order valence-corrected chi connectivity index (χ4v) is 3.37. The number of rotatable bonds is 6. The Bertz CT molecular complexity index is 1030. The highest BCUT2D eigenvalue weighted by atomic mass is 16.3. The van der Waals surface area contributed by atoms with Gasteiger partial charge in [0.2, 0.25) is 11.9 Å². The molecule has 4 rings (SSSR count). The number of aromatic nitrogens is 3. The minimum absolute atomic E-state index is 0.0900. The Balaban J connectivity index is 1.69. The molecule has 2 aromatic carbocycles. The number of hydrogen-bond acceptors (Lipinski definition) is 5. The highest BCUT2D eigenvalue weighted by Gasteiger charge is 2.25. The van der Waals surface area contributed by atoms with Gasteiger partial charge in [-0.25, -0.2) is 4.68 Å². The Kier molecular flexibility index (Phi) is 5.39. The number of carbonyl (C=O) groups excluding carboxylic acids is 1. The fraction of sp³-hybridized carbons (Fsp3) is 0.227. The summed E-state index contributed by atoms with van der Waals surface area (Å²) < 4.78 is 1.89. The van der Waals surface area contributed by atoms with Crippen molar-refractivity contribution in [3.63, 3.8) is 0 Å². The van der Waals surface area contributed by atoms with Crippen molar-refractivity contribution >= 4 is 23.2 Å². The summed E-state index contributed by atoms with van der Waals surface area (Å²) in [5.41, 5.74) is 3.79. The van der Waals surface area contributed by atoms with Crippen molar-refractivity contribution in [1.29, 1.82) is 0 Å².